The predicted molar refractivity (Wildman–Crippen MR) is 101 cm³/mol. The molecule has 0 spiro atoms. The second-order valence-electron chi connectivity index (χ2n) is 6.84. The summed E-state index contributed by atoms with van der Waals surface area (Å²) in [6.45, 7) is 0. The van der Waals surface area contributed by atoms with Crippen LogP contribution < -0.4 is 10.1 Å². The summed E-state index contributed by atoms with van der Waals surface area (Å²) in [7, 11) is 1.67. The monoisotopic (exact) mass is 337 g/mol. The van der Waals surface area contributed by atoms with Crippen molar-refractivity contribution in [2.24, 2.45) is 0 Å². The van der Waals surface area contributed by atoms with Gasteiger partial charge < -0.3 is 10.1 Å². The van der Waals surface area contributed by atoms with Gasteiger partial charge in [0.15, 0.2) is 0 Å². The summed E-state index contributed by atoms with van der Waals surface area (Å²) >= 11 is 0. The summed E-state index contributed by atoms with van der Waals surface area (Å²) in [5.41, 5.74) is 2.32. The third kappa shape index (κ3) is 4.85. The zero-order valence-electron chi connectivity index (χ0n) is 14.9. The van der Waals surface area contributed by atoms with Crippen LogP contribution in [-0.4, -0.2) is 19.1 Å². The molecule has 1 atom stereocenters. The lowest BCUT2D eigenvalue weighted by Gasteiger charge is -2.24. The zero-order chi connectivity index (χ0) is 17.5. The van der Waals surface area contributed by atoms with E-state index < -0.39 is 0 Å². The highest BCUT2D eigenvalue weighted by Gasteiger charge is 2.21. The van der Waals surface area contributed by atoms with Gasteiger partial charge in [-0.3, -0.25) is 4.79 Å². The Morgan fingerprint density at radius 3 is 2.28 bits per heavy atom. The highest BCUT2D eigenvalue weighted by Crippen LogP contribution is 2.29. The molecule has 1 aliphatic rings. The van der Waals surface area contributed by atoms with E-state index >= 15 is 0 Å². The number of nitrogens with one attached hydrogen (secondary N) is 1. The van der Waals surface area contributed by atoms with Gasteiger partial charge in [-0.05, 0) is 36.1 Å². The molecule has 2 aromatic rings. The van der Waals surface area contributed by atoms with E-state index in [0.717, 1.165) is 24.2 Å². The molecule has 1 amide bonds. The van der Waals surface area contributed by atoms with E-state index in [1.165, 1.54) is 24.8 Å². The Labute approximate surface area is 150 Å². The summed E-state index contributed by atoms with van der Waals surface area (Å²) in [5.74, 6) is 1.05. The molecule has 132 valence electrons. The highest BCUT2D eigenvalue weighted by atomic mass is 16.5. The van der Waals surface area contributed by atoms with Crippen molar-refractivity contribution in [2.45, 2.75) is 50.5 Å². The smallest absolute Gasteiger partial charge is 0.221 e. The van der Waals surface area contributed by atoms with Gasteiger partial charge >= 0.3 is 0 Å². The fourth-order valence-corrected chi connectivity index (χ4v) is 3.67. The fraction of sp³-hybridized carbons (Fsp3) is 0.409. The fourth-order valence-electron chi connectivity index (χ4n) is 3.67. The topological polar surface area (TPSA) is 38.3 Å². The van der Waals surface area contributed by atoms with Crippen molar-refractivity contribution in [3.63, 3.8) is 0 Å². The summed E-state index contributed by atoms with van der Waals surface area (Å²) < 4.78 is 5.26. The standard InChI is InChI=1S/C22H27NO2/c1-25-20-14-12-18(13-15-20)21(17-8-4-2-5-9-17)16-22(24)23-19-10-6-3-7-11-19/h2,4-5,8-9,12-15,19,21H,3,6-7,10-11,16H2,1H3,(H,23,24). The highest BCUT2D eigenvalue weighted by molar-refractivity contribution is 5.78. The molecular weight excluding hydrogens is 310 g/mol. The van der Waals surface area contributed by atoms with Crippen molar-refractivity contribution in [1.29, 1.82) is 0 Å². The van der Waals surface area contributed by atoms with Crippen molar-refractivity contribution in [3.8, 4) is 5.75 Å². The van der Waals surface area contributed by atoms with E-state index in [1.54, 1.807) is 7.11 Å². The van der Waals surface area contributed by atoms with Gasteiger partial charge in [0.25, 0.3) is 0 Å². The number of carbonyl (C=O) groups is 1. The van der Waals surface area contributed by atoms with Crippen molar-refractivity contribution in [1.82, 2.24) is 5.32 Å². The average molecular weight is 337 g/mol. The molecule has 1 N–H and O–H groups in total. The van der Waals surface area contributed by atoms with Crippen LogP contribution in [0.15, 0.2) is 54.6 Å². The predicted octanol–water partition coefficient (Wildman–Crippen LogP) is 4.67. The molecule has 1 unspecified atom stereocenters. The van der Waals surface area contributed by atoms with Crippen molar-refractivity contribution >= 4 is 5.91 Å². The lowest BCUT2D eigenvalue weighted by molar-refractivity contribution is -0.122. The van der Waals surface area contributed by atoms with Crippen LogP contribution in [0.1, 0.15) is 55.6 Å². The third-order valence-corrected chi connectivity index (χ3v) is 5.08. The molecule has 1 fully saturated rings. The maximum absolute atomic E-state index is 12.7. The average Bonchev–Trinajstić information content (AvgIpc) is 2.68. The molecule has 0 aliphatic heterocycles. The number of carbonyl (C=O) groups excluding carboxylic acids is 1. The Hall–Kier alpha value is -2.29. The molecule has 0 heterocycles. The van der Waals surface area contributed by atoms with Crippen LogP contribution in [0.25, 0.3) is 0 Å². The Balaban J connectivity index is 1.75. The number of hydrogen-bond acceptors (Lipinski definition) is 2. The first-order valence-corrected chi connectivity index (χ1v) is 9.24. The number of hydrogen-bond donors (Lipinski definition) is 1. The maximum Gasteiger partial charge on any atom is 0.221 e. The van der Waals surface area contributed by atoms with Crippen LogP contribution in [0.4, 0.5) is 0 Å². The van der Waals surface area contributed by atoms with Gasteiger partial charge in [-0.15, -0.1) is 0 Å². The van der Waals surface area contributed by atoms with Gasteiger partial charge in [0.1, 0.15) is 5.75 Å². The first kappa shape index (κ1) is 17.5. The van der Waals surface area contributed by atoms with Gasteiger partial charge in [0.2, 0.25) is 5.91 Å². The molecule has 25 heavy (non-hydrogen) atoms. The molecular formula is C22H27NO2. The second kappa shape index (κ2) is 8.70. The molecule has 1 aliphatic carbocycles. The molecule has 0 saturated heterocycles. The van der Waals surface area contributed by atoms with E-state index in [9.17, 15) is 4.79 Å². The number of rotatable bonds is 6. The first-order chi connectivity index (χ1) is 12.3. The van der Waals surface area contributed by atoms with E-state index in [2.05, 4.69) is 29.6 Å². The Morgan fingerprint density at radius 2 is 1.64 bits per heavy atom. The molecule has 3 heteroatoms. The summed E-state index contributed by atoms with van der Waals surface area (Å²) in [6.07, 6.45) is 6.46. The minimum Gasteiger partial charge on any atom is -0.497 e. The first-order valence-electron chi connectivity index (χ1n) is 9.24. The summed E-state index contributed by atoms with van der Waals surface area (Å²) in [5, 5.41) is 3.25. The van der Waals surface area contributed by atoms with Crippen LogP contribution in [0, 0.1) is 0 Å². The molecule has 0 bridgehead atoms. The lowest BCUT2D eigenvalue weighted by Crippen LogP contribution is -2.36. The van der Waals surface area contributed by atoms with E-state index in [1.807, 2.05) is 30.3 Å². The molecule has 3 nitrogen and oxygen atoms in total. The van der Waals surface area contributed by atoms with Crippen LogP contribution >= 0.6 is 0 Å². The minimum atomic E-state index is 0.0655. The van der Waals surface area contributed by atoms with Gasteiger partial charge in [-0.1, -0.05) is 61.7 Å². The number of ether oxygens (including phenoxy) is 1. The maximum atomic E-state index is 12.7. The lowest BCUT2D eigenvalue weighted by atomic mass is 9.88. The number of amides is 1. The van der Waals surface area contributed by atoms with Crippen LogP contribution in [0.2, 0.25) is 0 Å². The Kier molecular flexibility index (Phi) is 6.10. The zero-order valence-corrected chi connectivity index (χ0v) is 14.9. The van der Waals surface area contributed by atoms with Gasteiger partial charge in [0, 0.05) is 18.4 Å². The van der Waals surface area contributed by atoms with Crippen molar-refractivity contribution in [3.05, 3.63) is 65.7 Å². The SMILES string of the molecule is COc1ccc(C(CC(=O)NC2CCCCC2)c2ccccc2)cc1. The quantitative estimate of drug-likeness (QED) is 0.832. The second-order valence-corrected chi connectivity index (χ2v) is 6.84. The summed E-state index contributed by atoms with van der Waals surface area (Å²) in [4.78, 5) is 12.7. The minimum absolute atomic E-state index is 0.0655. The van der Waals surface area contributed by atoms with E-state index in [-0.39, 0.29) is 11.8 Å². The van der Waals surface area contributed by atoms with E-state index in [0.29, 0.717) is 12.5 Å². The Bertz CT molecular complexity index is 660. The molecule has 0 radical (unpaired) electrons. The van der Waals surface area contributed by atoms with E-state index in [4.69, 9.17) is 4.74 Å². The molecule has 3 rings (SSSR count). The largest absolute Gasteiger partial charge is 0.497 e. The summed E-state index contributed by atoms with van der Waals surface area (Å²) in [6, 6.07) is 18.7. The van der Waals surface area contributed by atoms with Crippen molar-refractivity contribution in [2.75, 3.05) is 7.11 Å². The molecule has 0 aromatic heterocycles. The van der Waals surface area contributed by atoms with Gasteiger partial charge in [0.05, 0.1) is 7.11 Å². The third-order valence-electron chi connectivity index (χ3n) is 5.08. The van der Waals surface area contributed by atoms with Crippen LogP contribution in [0.5, 0.6) is 5.75 Å². The van der Waals surface area contributed by atoms with Crippen molar-refractivity contribution < 1.29 is 9.53 Å². The van der Waals surface area contributed by atoms with Gasteiger partial charge in [-0.25, -0.2) is 0 Å². The van der Waals surface area contributed by atoms with Crippen LogP contribution in [0.3, 0.4) is 0 Å². The normalized spacial score (nSPS) is 16.2. The van der Waals surface area contributed by atoms with Crippen LogP contribution in [-0.2, 0) is 4.79 Å². The van der Waals surface area contributed by atoms with Gasteiger partial charge in [-0.2, -0.15) is 0 Å². The number of methoxy groups -OCH3 is 1. The molecule has 2 aromatic carbocycles. The molecule has 1 saturated carbocycles. The number of benzene rings is 2. The Morgan fingerprint density at radius 1 is 1.00 bits per heavy atom.